The molecule has 2 amide bonds. The van der Waals surface area contributed by atoms with Crippen LogP contribution in [-0.2, 0) is 32.6 Å². The van der Waals surface area contributed by atoms with Crippen molar-refractivity contribution in [3.8, 4) is 0 Å². The van der Waals surface area contributed by atoms with Gasteiger partial charge in [-0.05, 0) is 54.3 Å². The molecule has 4 rings (SSSR count). The first-order valence-corrected chi connectivity index (χ1v) is 16.7. The normalized spacial score (nSPS) is 14.7. The summed E-state index contributed by atoms with van der Waals surface area (Å²) in [6.45, 7) is -0.341. The van der Waals surface area contributed by atoms with Gasteiger partial charge in [-0.25, -0.2) is 8.42 Å². The highest BCUT2D eigenvalue weighted by Crippen LogP contribution is 2.24. The number of sulfonamides is 1. The Morgan fingerprint density at radius 3 is 2.27 bits per heavy atom. The third kappa shape index (κ3) is 9.05. The third-order valence-electron chi connectivity index (χ3n) is 7.26. The van der Waals surface area contributed by atoms with Crippen LogP contribution < -0.4 is 9.62 Å². The van der Waals surface area contributed by atoms with Gasteiger partial charge in [-0.2, -0.15) is 0 Å². The van der Waals surface area contributed by atoms with E-state index in [0.29, 0.717) is 15.2 Å². The minimum Gasteiger partial charge on any atom is -0.352 e. The SMILES string of the molecule is CS(=O)(=O)N(CC(=O)N(Cc1ccc(Cl)cc1)[C@@H](Cc1ccccc1)C(=O)NC1CCCCC1)c1cccc(Br)c1. The molecule has 1 aliphatic rings. The van der Waals surface area contributed by atoms with Crippen molar-refractivity contribution in [1.29, 1.82) is 0 Å². The van der Waals surface area contributed by atoms with Gasteiger partial charge in [0.1, 0.15) is 12.6 Å². The Morgan fingerprint density at radius 1 is 0.951 bits per heavy atom. The number of anilines is 1. The summed E-state index contributed by atoms with van der Waals surface area (Å²) in [7, 11) is -3.82. The lowest BCUT2D eigenvalue weighted by molar-refractivity contribution is -0.140. The molecule has 0 heterocycles. The van der Waals surface area contributed by atoms with E-state index in [0.717, 1.165) is 53.8 Å². The van der Waals surface area contributed by atoms with E-state index in [1.54, 1.807) is 36.4 Å². The molecular weight excluding hydrogens is 626 g/mol. The molecule has 0 aromatic heterocycles. The highest BCUT2D eigenvalue weighted by molar-refractivity contribution is 9.10. The van der Waals surface area contributed by atoms with Gasteiger partial charge in [0.15, 0.2) is 0 Å². The lowest BCUT2D eigenvalue weighted by atomic mass is 9.94. The van der Waals surface area contributed by atoms with Crippen molar-refractivity contribution in [2.75, 3.05) is 17.1 Å². The number of halogens is 2. The molecule has 0 spiro atoms. The van der Waals surface area contributed by atoms with Gasteiger partial charge in [0.05, 0.1) is 11.9 Å². The predicted octanol–water partition coefficient (Wildman–Crippen LogP) is 5.96. The lowest BCUT2D eigenvalue weighted by Gasteiger charge is -2.35. The standard InChI is InChI=1S/C31H35BrClN3O4S/c1-41(39,40)36(28-14-8-11-25(32)20-28)22-30(37)35(21-24-15-17-26(33)18-16-24)29(19-23-9-4-2-5-10-23)31(38)34-27-12-6-3-7-13-27/h2,4-5,8-11,14-18,20,27,29H,3,6-7,12-13,19,21-22H2,1H3,(H,34,38)/t29-/m0/s1. The van der Waals surface area contributed by atoms with E-state index in [2.05, 4.69) is 21.2 Å². The van der Waals surface area contributed by atoms with Gasteiger partial charge in [0.2, 0.25) is 21.8 Å². The van der Waals surface area contributed by atoms with Crippen LogP contribution in [0.2, 0.25) is 5.02 Å². The number of benzene rings is 3. The second-order valence-electron chi connectivity index (χ2n) is 10.4. The molecule has 1 N–H and O–H groups in total. The zero-order chi connectivity index (χ0) is 29.4. The predicted molar refractivity (Wildman–Crippen MR) is 167 cm³/mol. The van der Waals surface area contributed by atoms with Crippen molar-refractivity contribution in [3.63, 3.8) is 0 Å². The van der Waals surface area contributed by atoms with Crippen molar-refractivity contribution < 1.29 is 18.0 Å². The maximum atomic E-state index is 14.2. The topological polar surface area (TPSA) is 86.8 Å². The summed E-state index contributed by atoms with van der Waals surface area (Å²) >= 11 is 9.51. The largest absolute Gasteiger partial charge is 0.352 e. The molecule has 3 aromatic carbocycles. The highest BCUT2D eigenvalue weighted by atomic mass is 79.9. The van der Waals surface area contributed by atoms with Crippen molar-refractivity contribution >= 4 is 55.1 Å². The zero-order valence-electron chi connectivity index (χ0n) is 23.0. The molecule has 10 heteroatoms. The molecular formula is C31H35BrClN3O4S. The number of rotatable bonds is 11. The maximum absolute atomic E-state index is 14.2. The average Bonchev–Trinajstić information content (AvgIpc) is 2.95. The summed E-state index contributed by atoms with van der Waals surface area (Å²) < 4.78 is 27.6. The minimum atomic E-state index is -3.82. The fraction of sp³-hybridized carbons (Fsp3) is 0.355. The van der Waals surface area contributed by atoms with E-state index in [9.17, 15) is 18.0 Å². The molecule has 7 nitrogen and oxygen atoms in total. The summed E-state index contributed by atoms with van der Waals surface area (Å²) in [6.07, 6.45) is 6.42. The molecule has 1 atom stereocenters. The molecule has 1 aliphatic carbocycles. The Hall–Kier alpha value is -2.88. The molecule has 0 unspecified atom stereocenters. The van der Waals surface area contributed by atoms with Crippen LogP contribution in [0.3, 0.4) is 0 Å². The van der Waals surface area contributed by atoms with Gasteiger partial charge in [-0.3, -0.25) is 13.9 Å². The van der Waals surface area contributed by atoms with E-state index < -0.39 is 28.5 Å². The number of amides is 2. The number of carbonyl (C=O) groups excluding carboxylic acids is 2. The van der Waals surface area contributed by atoms with Gasteiger partial charge in [-0.1, -0.05) is 95.3 Å². The van der Waals surface area contributed by atoms with Crippen LogP contribution in [0.25, 0.3) is 0 Å². The molecule has 0 bridgehead atoms. The summed E-state index contributed by atoms with van der Waals surface area (Å²) in [5, 5.41) is 3.76. The van der Waals surface area contributed by atoms with Crippen LogP contribution in [-0.4, -0.2) is 50.0 Å². The summed E-state index contributed by atoms with van der Waals surface area (Å²) in [4.78, 5) is 29.6. The van der Waals surface area contributed by atoms with Gasteiger partial charge >= 0.3 is 0 Å². The molecule has 0 aliphatic heterocycles. The van der Waals surface area contributed by atoms with Crippen LogP contribution in [0, 0.1) is 0 Å². The number of nitrogens with one attached hydrogen (secondary N) is 1. The van der Waals surface area contributed by atoms with Crippen LogP contribution in [0.15, 0.2) is 83.3 Å². The fourth-order valence-corrected chi connectivity index (χ4v) is 6.48. The maximum Gasteiger partial charge on any atom is 0.244 e. The smallest absolute Gasteiger partial charge is 0.244 e. The molecule has 1 saturated carbocycles. The number of hydrogen-bond acceptors (Lipinski definition) is 4. The van der Waals surface area contributed by atoms with Crippen LogP contribution in [0.5, 0.6) is 0 Å². The molecule has 0 radical (unpaired) electrons. The Balaban J connectivity index is 1.71. The highest BCUT2D eigenvalue weighted by Gasteiger charge is 2.34. The van der Waals surface area contributed by atoms with E-state index in [1.165, 1.54) is 4.90 Å². The molecule has 1 fully saturated rings. The quantitative estimate of drug-likeness (QED) is 0.275. The fourth-order valence-electron chi connectivity index (χ4n) is 5.13. The Morgan fingerprint density at radius 2 is 1.63 bits per heavy atom. The van der Waals surface area contributed by atoms with Gasteiger partial charge in [0.25, 0.3) is 0 Å². The Kier molecular flexibility index (Phi) is 10.9. The van der Waals surface area contributed by atoms with Gasteiger partial charge < -0.3 is 10.2 Å². The Bertz CT molecular complexity index is 1430. The third-order valence-corrected chi connectivity index (χ3v) is 9.15. The second-order valence-corrected chi connectivity index (χ2v) is 13.7. The van der Waals surface area contributed by atoms with E-state index in [4.69, 9.17) is 11.6 Å². The van der Waals surface area contributed by atoms with Crippen molar-refractivity contribution in [3.05, 3.63) is 99.5 Å². The van der Waals surface area contributed by atoms with E-state index >= 15 is 0 Å². The summed E-state index contributed by atoms with van der Waals surface area (Å²) in [5.41, 5.74) is 2.03. The molecule has 0 saturated heterocycles. The summed E-state index contributed by atoms with van der Waals surface area (Å²) in [5.74, 6) is -0.721. The number of hydrogen-bond donors (Lipinski definition) is 1. The first-order chi connectivity index (χ1) is 19.6. The average molecular weight is 661 g/mol. The van der Waals surface area contributed by atoms with Gasteiger partial charge in [-0.15, -0.1) is 0 Å². The van der Waals surface area contributed by atoms with Crippen LogP contribution >= 0.6 is 27.5 Å². The van der Waals surface area contributed by atoms with Crippen molar-refractivity contribution in [1.82, 2.24) is 10.2 Å². The first-order valence-electron chi connectivity index (χ1n) is 13.7. The van der Waals surface area contributed by atoms with E-state index in [1.807, 2.05) is 42.5 Å². The molecule has 41 heavy (non-hydrogen) atoms. The molecule has 3 aromatic rings. The second kappa shape index (κ2) is 14.3. The monoisotopic (exact) mass is 659 g/mol. The first kappa shape index (κ1) is 31.1. The van der Waals surface area contributed by atoms with Gasteiger partial charge in [0, 0.05) is 28.5 Å². The minimum absolute atomic E-state index is 0.0520. The Labute approximate surface area is 256 Å². The number of carbonyl (C=O) groups is 2. The van der Waals surface area contributed by atoms with Crippen LogP contribution in [0.1, 0.15) is 43.2 Å². The zero-order valence-corrected chi connectivity index (χ0v) is 26.2. The molecule has 218 valence electrons. The summed E-state index contributed by atoms with van der Waals surface area (Å²) in [6, 6.07) is 22.6. The van der Waals surface area contributed by atoms with Crippen molar-refractivity contribution in [2.24, 2.45) is 0 Å². The number of nitrogens with zero attached hydrogens (tertiary/aromatic N) is 2. The van der Waals surface area contributed by atoms with Crippen molar-refractivity contribution in [2.45, 2.75) is 57.2 Å². The van der Waals surface area contributed by atoms with E-state index in [-0.39, 0.29) is 24.9 Å². The lowest BCUT2D eigenvalue weighted by Crippen LogP contribution is -2.55. The van der Waals surface area contributed by atoms with Crippen LogP contribution in [0.4, 0.5) is 5.69 Å².